The fourth-order valence-corrected chi connectivity index (χ4v) is 5.78. The van der Waals surface area contributed by atoms with Gasteiger partial charge in [0, 0.05) is 12.3 Å². The Bertz CT molecular complexity index is 1090. The molecule has 11 heteroatoms. The van der Waals surface area contributed by atoms with Crippen LogP contribution in [0.5, 0.6) is 0 Å². The van der Waals surface area contributed by atoms with Crippen LogP contribution in [-0.2, 0) is 14.9 Å². The zero-order chi connectivity index (χ0) is 25.6. The molecule has 1 aliphatic rings. The van der Waals surface area contributed by atoms with Gasteiger partial charge < -0.3 is 14.3 Å². The molecule has 3 rings (SSSR count). The summed E-state index contributed by atoms with van der Waals surface area (Å²) in [7, 11) is -1.22. The van der Waals surface area contributed by atoms with Crippen molar-refractivity contribution in [2.24, 2.45) is 17.3 Å². The van der Waals surface area contributed by atoms with E-state index in [9.17, 15) is 9.90 Å². The summed E-state index contributed by atoms with van der Waals surface area (Å²) in [6.07, 6.45) is 1.53. The molecule has 0 aromatic carbocycles. The van der Waals surface area contributed by atoms with Gasteiger partial charge in [0.25, 0.3) is 0 Å². The summed E-state index contributed by atoms with van der Waals surface area (Å²) in [4.78, 5) is 25.5. The molecule has 187 valence electrons. The second kappa shape index (κ2) is 9.22. The molecule has 1 aliphatic carbocycles. The number of rotatable bonds is 5. The monoisotopic (exact) mass is 508 g/mol. The van der Waals surface area contributed by atoms with E-state index in [1.807, 2.05) is 4.57 Å². The van der Waals surface area contributed by atoms with Crippen LogP contribution >= 0.6 is 11.6 Å². The van der Waals surface area contributed by atoms with Crippen molar-refractivity contribution in [3.8, 4) is 0 Å². The van der Waals surface area contributed by atoms with Crippen LogP contribution in [0.1, 0.15) is 48.0 Å². The average molecular weight is 509 g/mol. The SMILES string of the molecule is C=C1[C@H](CO)[C@@H](C(C)(C)C)C[C@@]1(O[Si](C)C)n1cnc2c(Cl)nc(NC(=O)OC(C)(C)C)nc21. The van der Waals surface area contributed by atoms with Crippen LogP contribution in [0.4, 0.5) is 10.7 Å². The van der Waals surface area contributed by atoms with Crippen molar-refractivity contribution in [1.82, 2.24) is 19.5 Å². The van der Waals surface area contributed by atoms with Gasteiger partial charge in [-0.25, -0.2) is 9.78 Å². The number of aliphatic hydroxyl groups excluding tert-OH is 1. The van der Waals surface area contributed by atoms with Crippen LogP contribution in [-0.4, -0.2) is 52.0 Å². The predicted octanol–water partition coefficient (Wildman–Crippen LogP) is 4.98. The van der Waals surface area contributed by atoms with Crippen LogP contribution in [0.15, 0.2) is 18.5 Å². The van der Waals surface area contributed by atoms with Gasteiger partial charge in [0.15, 0.2) is 16.5 Å². The Morgan fingerprint density at radius 2 is 1.97 bits per heavy atom. The van der Waals surface area contributed by atoms with Gasteiger partial charge >= 0.3 is 6.09 Å². The maximum Gasteiger partial charge on any atom is 0.414 e. The fraction of sp³-hybridized carbons (Fsp3) is 0.652. The molecule has 2 aromatic rings. The molecule has 1 amide bonds. The van der Waals surface area contributed by atoms with E-state index in [1.165, 1.54) is 0 Å². The van der Waals surface area contributed by atoms with Gasteiger partial charge in [-0.15, -0.1) is 0 Å². The molecule has 2 heterocycles. The van der Waals surface area contributed by atoms with E-state index in [1.54, 1.807) is 27.1 Å². The zero-order valence-corrected chi connectivity index (χ0v) is 22.9. The van der Waals surface area contributed by atoms with Gasteiger partial charge in [-0.1, -0.05) is 39.0 Å². The number of fused-ring (bicyclic) bond motifs is 1. The van der Waals surface area contributed by atoms with E-state index in [-0.39, 0.29) is 35.0 Å². The van der Waals surface area contributed by atoms with Crippen LogP contribution in [0.25, 0.3) is 11.2 Å². The van der Waals surface area contributed by atoms with Crippen molar-refractivity contribution in [1.29, 1.82) is 0 Å². The number of hydrogen-bond acceptors (Lipinski definition) is 7. The molecule has 0 spiro atoms. The quantitative estimate of drug-likeness (QED) is 0.333. The summed E-state index contributed by atoms with van der Waals surface area (Å²) >= 11 is 6.43. The van der Waals surface area contributed by atoms with Gasteiger partial charge in [0.2, 0.25) is 15.0 Å². The lowest BCUT2D eigenvalue weighted by Crippen LogP contribution is -2.40. The maximum atomic E-state index is 12.3. The average Bonchev–Trinajstić information content (AvgIpc) is 3.20. The number of carbonyl (C=O) groups excluding carboxylic acids is 1. The number of hydrogen-bond donors (Lipinski definition) is 2. The van der Waals surface area contributed by atoms with Crippen molar-refractivity contribution in [3.63, 3.8) is 0 Å². The molecular weight excluding hydrogens is 474 g/mol. The van der Waals surface area contributed by atoms with E-state index < -0.39 is 26.5 Å². The highest BCUT2D eigenvalue weighted by Gasteiger charge is 2.54. The van der Waals surface area contributed by atoms with Crippen LogP contribution < -0.4 is 5.32 Å². The molecule has 9 nitrogen and oxygen atoms in total. The van der Waals surface area contributed by atoms with Gasteiger partial charge in [-0.05, 0) is 50.8 Å². The van der Waals surface area contributed by atoms with E-state index in [0.29, 0.717) is 17.6 Å². The molecule has 1 fully saturated rings. The molecule has 0 unspecified atom stereocenters. The number of amides is 1. The Labute approximate surface area is 207 Å². The highest BCUT2D eigenvalue weighted by molar-refractivity contribution is 6.48. The fourth-order valence-electron chi connectivity index (χ4n) is 4.58. The molecule has 0 aliphatic heterocycles. The molecule has 1 saturated carbocycles. The minimum absolute atomic E-state index is 0.00290. The van der Waals surface area contributed by atoms with Gasteiger partial charge in [-0.2, -0.15) is 9.97 Å². The van der Waals surface area contributed by atoms with E-state index in [0.717, 1.165) is 5.57 Å². The Hall–Kier alpha value is -2.01. The molecule has 3 atom stereocenters. The Balaban J connectivity index is 2.14. The van der Waals surface area contributed by atoms with E-state index in [2.05, 4.69) is 60.7 Å². The number of halogens is 1. The van der Waals surface area contributed by atoms with Gasteiger partial charge in [0.1, 0.15) is 11.1 Å². The summed E-state index contributed by atoms with van der Waals surface area (Å²) in [5.74, 6) is -0.0483. The number of nitrogens with zero attached hydrogens (tertiary/aromatic N) is 4. The largest absolute Gasteiger partial charge is 0.444 e. The molecule has 0 saturated heterocycles. The third-order valence-corrected chi connectivity index (χ3v) is 6.98. The Morgan fingerprint density at radius 3 is 2.47 bits per heavy atom. The molecule has 2 aromatic heterocycles. The number of imidazole rings is 1. The van der Waals surface area contributed by atoms with E-state index >= 15 is 0 Å². The number of carbonyl (C=O) groups is 1. The third-order valence-electron chi connectivity index (χ3n) is 5.97. The van der Waals surface area contributed by atoms with Crippen molar-refractivity contribution in [2.45, 2.75) is 72.4 Å². The second-order valence-corrected chi connectivity index (χ2v) is 13.4. The van der Waals surface area contributed by atoms with Crippen molar-refractivity contribution in [3.05, 3.63) is 23.6 Å². The van der Waals surface area contributed by atoms with E-state index in [4.69, 9.17) is 20.8 Å². The number of ether oxygens (including phenoxy) is 1. The van der Waals surface area contributed by atoms with Crippen molar-refractivity contribution >= 4 is 43.8 Å². The van der Waals surface area contributed by atoms with Crippen LogP contribution in [0.3, 0.4) is 0 Å². The first-order valence-corrected chi connectivity index (χ1v) is 14.1. The molecule has 34 heavy (non-hydrogen) atoms. The lowest BCUT2D eigenvalue weighted by atomic mass is 9.74. The lowest BCUT2D eigenvalue weighted by molar-refractivity contribution is 0.0211. The second-order valence-electron chi connectivity index (χ2n) is 11.0. The summed E-state index contributed by atoms with van der Waals surface area (Å²) in [5, 5.41) is 12.9. The molecule has 1 radical (unpaired) electrons. The number of anilines is 1. The highest BCUT2D eigenvalue weighted by atomic mass is 35.5. The zero-order valence-electron chi connectivity index (χ0n) is 21.2. The maximum absolute atomic E-state index is 12.3. The molecule has 0 bridgehead atoms. The number of aromatic nitrogens is 4. The first kappa shape index (κ1) is 26.6. The molecular formula is C23H35ClN5O4Si. The Morgan fingerprint density at radius 1 is 1.32 bits per heavy atom. The Kier molecular flexibility index (Phi) is 7.21. The number of aliphatic hydroxyl groups is 1. The highest BCUT2D eigenvalue weighted by Crippen LogP contribution is 2.55. The topological polar surface area (TPSA) is 111 Å². The van der Waals surface area contributed by atoms with Crippen LogP contribution in [0, 0.1) is 17.3 Å². The molecule has 2 N–H and O–H groups in total. The number of nitrogens with one attached hydrogen (secondary N) is 1. The third kappa shape index (κ3) is 5.14. The van der Waals surface area contributed by atoms with Crippen LogP contribution in [0.2, 0.25) is 18.2 Å². The van der Waals surface area contributed by atoms with Gasteiger partial charge in [0.05, 0.1) is 12.9 Å². The minimum Gasteiger partial charge on any atom is -0.444 e. The van der Waals surface area contributed by atoms with Crippen molar-refractivity contribution in [2.75, 3.05) is 11.9 Å². The summed E-state index contributed by atoms with van der Waals surface area (Å²) in [6.45, 7) is 20.2. The summed E-state index contributed by atoms with van der Waals surface area (Å²) in [6, 6.07) is 0. The normalized spacial score (nSPS) is 23.7. The van der Waals surface area contributed by atoms with Crippen molar-refractivity contribution < 1.29 is 19.1 Å². The standard InChI is InChI=1S/C23H35ClN5O4Si/c1-13-14(11-30)15(21(2,3)4)10-23(13,33-34(8)9)29-12-25-16-17(24)26-19(27-18(16)29)28-20(31)32-22(5,6)7/h12,14-15,30H,1,10-11H2,2-9H3,(H,26,27,28,31)/t14-,15-,23-/m0/s1. The first-order chi connectivity index (χ1) is 15.6. The van der Waals surface area contributed by atoms with Gasteiger partial charge in [-0.3, -0.25) is 9.88 Å². The first-order valence-electron chi connectivity index (χ1n) is 11.3. The minimum atomic E-state index is -1.22. The summed E-state index contributed by atoms with van der Waals surface area (Å²) in [5.41, 5.74) is -0.172. The smallest absolute Gasteiger partial charge is 0.414 e. The predicted molar refractivity (Wildman–Crippen MR) is 134 cm³/mol. The lowest BCUT2D eigenvalue weighted by Gasteiger charge is -2.36. The summed E-state index contributed by atoms with van der Waals surface area (Å²) < 4.78 is 13.8.